The fourth-order valence-electron chi connectivity index (χ4n) is 1.08. The molecule has 2 nitrogen and oxygen atoms in total. The fourth-order valence-corrected chi connectivity index (χ4v) is 1.27. The molecule has 1 aromatic rings. The quantitative estimate of drug-likeness (QED) is 0.852. The van der Waals surface area contributed by atoms with Crippen molar-refractivity contribution < 1.29 is 4.74 Å². The molecule has 0 aliphatic carbocycles. The third-order valence-corrected chi connectivity index (χ3v) is 1.95. The van der Waals surface area contributed by atoms with E-state index in [1.807, 2.05) is 24.3 Å². The fraction of sp³-hybridized carbons (Fsp3) is 0.333. The highest BCUT2D eigenvalue weighted by Gasteiger charge is 2.07. The zero-order valence-electron chi connectivity index (χ0n) is 7.37. The minimum atomic E-state index is -0.0521. The summed E-state index contributed by atoms with van der Waals surface area (Å²) in [5, 5.41) is 0.711. The average Bonchev–Trinajstić information content (AvgIpc) is 2.07. The van der Waals surface area contributed by atoms with Gasteiger partial charge in [0.05, 0.1) is 6.10 Å². The number of hydrogen-bond acceptors (Lipinski definition) is 2. The molecule has 0 bridgehead atoms. The largest absolute Gasteiger partial charge is 0.375 e. The first-order chi connectivity index (χ1) is 5.77. The third kappa shape index (κ3) is 3.53. The van der Waals surface area contributed by atoms with Crippen molar-refractivity contribution in [1.82, 2.24) is 0 Å². The van der Waals surface area contributed by atoms with Gasteiger partial charge in [-0.15, -0.1) is 12.4 Å². The van der Waals surface area contributed by atoms with Crippen molar-refractivity contribution >= 4 is 24.0 Å². The molecular formula is C9H13Cl2NO. The molecular weight excluding hydrogens is 209 g/mol. The van der Waals surface area contributed by atoms with Gasteiger partial charge in [0.1, 0.15) is 0 Å². The molecule has 0 saturated heterocycles. The van der Waals surface area contributed by atoms with E-state index in [0.29, 0.717) is 11.6 Å². The maximum absolute atomic E-state index is 5.81. The van der Waals surface area contributed by atoms with Gasteiger partial charge in [-0.2, -0.15) is 0 Å². The predicted molar refractivity (Wildman–Crippen MR) is 57.5 cm³/mol. The molecule has 74 valence electrons. The molecule has 1 rings (SSSR count). The lowest BCUT2D eigenvalue weighted by Gasteiger charge is -2.12. The van der Waals surface area contributed by atoms with E-state index < -0.39 is 0 Å². The summed E-state index contributed by atoms with van der Waals surface area (Å²) in [6.45, 7) is 0.469. The second-order valence-corrected chi connectivity index (χ2v) is 2.95. The lowest BCUT2D eigenvalue weighted by molar-refractivity contribution is 0.110. The Hall–Kier alpha value is -0.280. The number of methoxy groups -OCH3 is 1. The van der Waals surface area contributed by atoms with E-state index in [0.717, 1.165) is 5.56 Å². The van der Waals surface area contributed by atoms with Gasteiger partial charge in [0.2, 0.25) is 0 Å². The molecule has 4 heteroatoms. The van der Waals surface area contributed by atoms with Crippen molar-refractivity contribution in [3.05, 3.63) is 34.9 Å². The van der Waals surface area contributed by atoms with Gasteiger partial charge in [-0.05, 0) is 17.7 Å². The topological polar surface area (TPSA) is 35.2 Å². The maximum Gasteiger partial charge on any atom is 0.0943 e. The summed E-state index contributed by atoms with van der Waals surface area (Å²) in [6.07, 6.45) is -0.0521. The van der Waals surface area contributed by atoms with Crippen LogP contribution in [-0.2, 0) is 4.74 Å². The van der Waals surface area contributed by atoms with Gasteiger partial charge in [-0.25, -0.2) is 0 Å². The van der Waals surface area contributed by atoms with Crippen LogP contribution in [-0.4, -0.2) is 13.7 Å². The Morgan fingerprint density at radius 2 is 2.23 bits per heavy atom. The second-order valence-electron chi connectivity index (χ2n) is 2.52. The summed E-state index contributed by atoms with van der Waals surface area (Å²) in [5.41, 5.74) is 6.52. The van der Waals surface area contributed by atoms with Crippen LogP contribution in [0, 0.1) is 0 Å². The van der Waals surface area contributed by atoms with E-state index >= 15 is 0 Å². The molecule has 0 heterocycles. The van der Waals surface area contributed by atoms with Gasteiger partial charge in [-0.3, -0.25) is 0 Å². The number of hydrogen-bond donors (Lipinski definition) is 1. The monoisotopic (exact) mass is 221 g/mol. The molecule has 1 aromatic carbocycles. The van der Waals surface area contributed by atoms with Crippen molar-refractivity contribution in [3.63, 3.8) is 0 Å². The van der Waals surface area contributed by atoms with Crippen molar-refractivity contribution in [2.45, 2.75) is 6.10 Å². The van der Waals surface area contributed by atoms with Crippen LogP contribution in [0.25, 0.3) is 0 Å². The van der Waals surface area contributed by atoms with Gasteiger partial charge in [-0.1, -0.05) is 23.7 Å². The Labute approximate surface area is 89.4 Å². The summed E-state index contributed by atoms with van der Waals surface area (Å²) < 4.78 is 5.16. The Morgan fingerprint density at radius 1 is 1.54 bits per heavy atom. The lowest BCUT2D eigenvalue weighted by atomic mass is 10.1. The van der Waals surface area contributed by atoms with E-state index in [4.69, 9.17) is 22.1 Å². The van der Waals surface area contributed by atoms with Crippen LogP contribution in [0.4, 0.5) is 0 Å². The molecule has 0 amide bonds. The summed E-state index contributed by atoms with van der Waals surface area (Å²) in [6, 6.07) is 7.53. The molecule has 0 fully saturated rings. The first-order valence-corrected chi connectivity index (χ1v) is 4.14. The van der Waals surface area contributed by atoms with E-state index in [9.17, 15) is 0 Å². The van der Waals surface area contributed by atoms with Crippen LogP contribution >= 0.6 is 24.0 Å². The number of ether oxygens (including phenoxy) is 1. The Bertz CT molecular complexity index is 251. The molecule has 2 N–H and O–H groups in total. The van der Waals surface area contributed by atoms with Crippen molar-refractivity contribution in [2.75, 3.05) is 13.7 Å². The molecule has 13 heavy (non-hydrogen) atoms. The second kappa shape index (κ2) is 6.22. The van der Waals surface area contributed by atoms with Gasteiger partial charge in [0.15, 0.2) is 0 Å². The summed E-state index contributed by atoms with van der Waals surface area (Å²) >= 11 is 5.81. The highest BCUT2D eigenvalue weighted by molar-refractivity contribution is 6.30. The number of halogens is 2. The molecule has 0 aliphatic rings. The number of benzene rings is 1. The van der Waals surface area contributed by atoms with Crippen LogP contribution in [0.1, 0.15) is 11.7 Å². The minimum Gasteiger partial charge on any atom is -0.375 e. The van der Waals surface area contributed by atoms with Crippen LogP contribution in [0.2, 0.25) is 5.02 Å². The van der Waals surface area contributed by atoms with Crippen LogP contribution < -0.4 is 5.73 Å². The number of rotatable bonds is 3. The first kappa shape index (κ1) is 12.7. The standard InChI is InChI=1S/C9H12ClNO.ClH/c1-12-9(6-11)7-3-2-4-8(10)5-7;/h2-5,9H,6,11H2,1H3;1H. The van der Waals surface area contributed by atoms with E-state index in [2.05, 4.69) is 0 Å². The molecule has 0 aromatic heterocycles. The zero-order valence-corrected chi connectivity index (χ0v) is 8.94. The summed E-state index contributed by atoms with van der Waals surface area (Å²) in [5.74, 6) is 0. The van der Waals surface area contributed by atoms with Crippen LogP contribution in [0.15, 0.2) is 24.3 Å². The Morgan fingerprint density at radius 3 is 2.69 bits per heavy atom. The van der Waals surface area contributed by atoms with Crippen molar-refractivity contribution in [3.8, 4) is 0 Å². The zero-order chi connectivity index (χ0) is 8.97. The number of nitrogens with two attached hydrogens (primary N) is 1. The van der Waals surface area contributed by atoms with Crippen molar-refractivity contribution in [2.24, 2.45) is 5.73 Å². The highest BCUT2D eigenvalue weighted by atomic mass is 35.5. The van der Waals surface area contributed by atoms with E-state index in [-0.39, 0.29) is 18.5 Å². The molecule has 0 saturated carbocycles. The average molecular weight is 222 g/mol. The Kier molecular flexibility index (Phi) is 6.08. The molecule has 1 unspecified atom stereocenters. The van der Waals surface area contributed by atoms with Gasteiger partial charge < -0.3 is 10.5 Å². The lowest BCUT2D eigenvalue weighted by Crippen LogP contribution is -2.13. The first-order valence-electron chi connectivity index (χ1n) is 3.76. The van der Waals surface area contributed by atoms with Gasteiger partial charge in [0, 0.05) is 18.7 Å². The SMILES string of the molecule is COC(CN)c1cccc(Cl)c1.Cl. The van der Waals surface area contributed by atoms with Gasteiger partial charge in [0.25, 0.3) is 0 Å². The molecule has 0 aliphatic heterocycles. The predicted octanol–water partition coefficient (Wildman–Crippen LogP) is 2.41. The highest BCUT2D eigenvalue weighted by Crippen LogP contribution is 2.18. The molecule has 1 atom stereocenters. The normalized spacial score (nSPS) is 11.9. The Balaban J connectivity index is 0.00000144. The summed E-state index contributed by atoms with van der Waals surface area (Å²) in [7, 11) is 1.64. The third-order valence-electron chi connectivity index (χ3n) is 1.72. The summed E-state index contributed by atoms with van der Waals surface area (Å²) in [4.78, 5) is 0. The van der Waals surface area contributed by atoms with E-state index in [1.165, 1.54) is 0 Å². The minimum absolute atomic E-state index is 0. The molecule has 0 spiro atoms. The van der Waals surface area contributed by atoms with Crippen molar-refractivity contribution in [1.29, 1.82) is 0 Å². The van der Waals surface area contributed by atoms with Gasteiger partial charge >= 0.3 is 0 Å². The van der Waals surface area contributed by atoms with Crippen LogP contribution in [0.5, 0.6) is 0 Å². The smallest absolute Gasteiger partial charge is 0.0943 e. The maximum atomic E-state index is 5.81. The van der Waals surface area contributed by atoms with E-state index in [1.54, 1.807) is 7.11 Å². The van der Waals surface area contributed by atoms with Crippen LogP contribution in [0.3, 0.4) is 0 Å². The molecule has 0 radical (unpaired) electrons.